The molecule has 2 aromatic heterocycles. The number of nitriles is 1. The van der Waals surface area contributed by atoms with Crippen molar-refractivity contribution < 1.29 is 26.3 Å². The zero-order valence-corrected chi connectivity index (χ0v) is 36.5. The van der Waals surface area contributed by atoms with E-state index in [2.05, 4.69) is 54.6 Å². The monoisotopic (exact) mass is 901 g/mol. The number of hydrogen-bond donors (Lipinski definition) is 0. The normalized spacial score (nSPS) is 12.1. The minimum atomic E-state index is -5.11. The number of para-hydroxylation sites is 2. The number of rotatable bonds is 6. The summed E-state index contributed by atoms with van der Waals surface area (Å²) < 4.78 is 93.6. The van der Waals surface area contributed by atoms with Crippen molar-refractivity contribution in [3.05, 3.63) is 216 Å². The Morgan fingerprint density at radius 3 is 1.34 bits per heavy atom. The Labute approximate surface area is 387 Å². The molecule has 0 aliphatic rings. The Morgan fingerprint density at radius 2 is 0.838 bits per heavy atom. The quantitative estimate of drug-likeness (QED) is 0.153. The Balaban J connectivity index is 1.24. The summed E-state index contributed by atoms with van der Waals surface area (Å²) in [6, 6.07) is 58.3. The molecule has 9 heteroatoms. The summed E-state index contributed by atoms with van der Waals surface area (Å²) >= 11 is 0. The number of aryl methyl sites for hydroxylation is 2. The third-order valence-electron chi connectivity index (χ3n) is 13.0. The van der Waals surface area contributed by atoms with Crippen LogP contribution in [-0.4, -0.2) is 9.13 Å². The minimum Gasteiger partial charge on any atom is -0.309 e. The zero-order chi connectivity index (χ0) is 47.1. The third-order valence-corrected chi connectivity index (χ3v) is 13.0. The van der Waals surface area contributed by atoms with E-state index in [0.29, 0.717) is 40.2 Å². The molecule has 0 N–H and O–H groups in total. The smallest absolute Gasteiger partial charge is 0.309 e. The first-order valence-corrected chi connectivity index (χ1v) is 21.9. The van der Waals surface area contributed by atoms with Gasteiger partial charge in [-0.05, 0) is 114 Å². The number of fused-ring (bicyclic) bond motifs is 6. The number of benzene rings is 9. The van der Waals surface area contributed by atoms with Crippen LogP contribution in [0.3, 0.4) is 0 Å². The molecule has 330 valence electrons. The fourth-order valence-corrected chi connectivity index (χ4v) is 9.77. The number of hydrogen-bond acceptors (Lipinski definition) is 1. The lowest BCUT2D eigenvalue weighted by atomic mass is 9.90. The molecule has 0 radical (unpaired) electrons. The van der Waals surface area contributed by atoms with Crippen molar-refractivity contribution in [3.8, 4) is 62.0 Å². The van der Waals surface area contributed by atoms with E-state index >= 15 is 0 Å². The van der Waals surface area contributed by atoms with Gasteiger partial charge in [-0.3, -0.25) is 0 Å². The van der Waals surface area contributed by atoms with Crippen LogP contribution in [0.5, 0.6) is 0 Å². The molecule has 3 nitrogen and oxygen atoms in total. The maximum atomic E-state index is 14.9. The Morgan fingerprint density at radius 1 is 0.382 bits per heavy atom. The Kier molecular flexibility index (Phi) is 9.90. The number of aromatic nitrogens is 2. The molecule has 0 amide bonds. The van der Waals surface area contributed by atoms with Crippen LogP contribution in [0, 0.1) is 25.2 Å². The molecule has 0 fully saturated rings. The lowest BCUT2D eigenvalue weighted by Gasteiger charge is -2.22. The lowest BCUT2D eigenvalue weighted by molar-refractivity contribution is -0.142. The first kappa shape index (κ1) is 42.3. The summed E-state index contributed by atoms with van der Waals surface area (Å²) in [5.74, 6) is 0. The first-order chi connectivity index (χ1) is 32.8. The molecular weight excluding hydrogens is 865 g/mol. The summed E-state index contributed by atoms with van der Waals surface area (Å²) in [5, 5.41) is 14.1. The van der Waals surface area contributed by atoms with Crippen molar-refractivity contribution in [2.24, 2.45) is 0 Å². The molecule has 2 heterocycles. The predicted octanol–water partition coefficient (Wildman–Crippen LogP) is 17.1. The Bertz CT molecular complexity index is 3810. The van der Waals surface area contributed by atoms with Crippen molar-refractivity contribution in [2.45, 2.75) is 26.2 Å². The molecule has 11 rings (SSSR count). The number of halogens is 6. The molecule has 68 heavy (non-hydrogen) atoms. The van der Waals surface area contributed by atoms with E-state index in [1.54, 1.807) is 24.3 Å². The van der Waals surface area contributed by atoms with E-state index in [9.17, 15) is 31.6 Å². The third kappa shape index (κ3) is 7.08. The molecule has 0 atom stereocenters. The van der Waals surface area contributed by atoms with Gasteiger partial charge in [0.15, 0.2) is 0 Å². The van der Waals surface area contributed by atoms with E-state index in [-0.39, 0.29) is 5.56 Å². The number of nitrogens with zero attached hydrogens (tertiary/aromatic N) is 3. The van der Waals surface area contributed by atoms with Gasteiger partial charge in [-0.15, -0.1) is 0 Å². The molecule has 0 spiro atoms. The van der Waals surface area contributed by atoms with Gasteiger partial charge < -0.3 is 9.13 Å². The molecular formula is C59H37F6N3. The SMILES string of the molecule is Cc1ccc(-c2ccc3c(c2)c2ccccc2n3-c2ccc(-c3c(C(F)(F)F)cccc3C(F)(F)F)cc2-c2ccc(C#N)cc2-n2c3ccccc3c3cc(-c4ccc(C)cc4)ccc32)cc1. The van der Waals surface area contributed by atoms with Crippen LogP contribution in [0.25, 0.3) is 99.5 Å². The minimum absolute atomic E-state index is 0.272. The topological polar surface area (TPSA) is 33.6 Å². The van der Waals surface area contributed by atoms with E-state index in [4.69, 9.17) is 0 Å². The fraction of sp³-hybridized carbons (Fsp3) is 0.0678. The van der Waals surface area contributed by atoms with Crippen LogP contribution in [0.4, 0.5) is 26.3 Å². The molecule has 0 saturated carbocycles. The van der Waals surface area contributed by atoms with E-state index in [0.717, 1.165) is 83.1 Å². The largest absolute Gasteiger partial charge is 0.417 e. The maximum absolute atomic E-state index is 14.9. The standard InChI is InChI=1S/C59H37F6N3/c1-35-14-19-38(20-15-35)40-23-27-53-46(31-40)43-8-3-5-12-51(43)67(53)54-29-25-42(57-49(58(60,61)62)10-7-11-50(57)59(63,64)65)33-48(54)45-26-18-37(34-66)30-56(45)68-52-13-6-4-9-44(52)47-32-41(24-28-55(47)68)39-21-16-36(2)17-22-39/h3-33H,1-2H3. The summed E-state index contributed by atoms with van der Waals surface area (Å²) in [7, 11) is 0. The van der Waals surface area contributed by atoms with Crippen molar-refractivity contribution >= 4 is 43.6 Å². The van der Waals surface area contributed by atoms with Gasteiger partial charge in [0.2, 0.25) is 0 Å². The highest BCUT2D eigenvalue weighted by atomic mass is 19.4. The second kappa shape index (κ2) is 15.9. The summed E-state index contributed by atoms with van der Waals surface area (Å²) in [6.45, 7) is 4.06. The van der Waals surface area contributed by atoms with Gasteiger partial charge in [-0.25, -0.2) is 0 Å². The van der Waals surface area contributed by atoms with Crippen molar-refractivity contribution in [2.75, 3.05) is 0 Å². The van der Waals surface area contributed by atoms with Gasteiger partial charge >= 0.3 is 12.4 Å². The zero-order valence-electron chi connectivity index (χ0n) is 36.5. The van der Waals surface area contributed by atoms with E-state index < -0.39 is 29.0 Å². The van der Waals surface area contributed by atoms with Crippen LogP contribution < -0.4 is 0 Å². The van der Waals surface area contributed by atoms with Crippen LogP contribution in [0.1, 0.15) is 27.8 Å². The molecule has 0 aliphatic heterocycles. The predicted molar refractivity (Wildman–Crippen MR) is 261 cm³/mol. The first-order valence-electron chi connectivity index (χ1n) is 21.9. The highest BCUT2D eigenvalue weighted by molar-refractivity contribution is 6.13. The van der Waals surface area contributed by atoms with Crippen molar-refractivity contribution in [3.63, 3.8) is 0 Å². The molecule has 0 bridgehead atoms. The second-order valence-corrected chi connectivity index (χ2v) is 17.2. The highest BCUT2D eigenvalue weighted by Gasteiger charge is 2.41. The highest BCUT2D eigenvalue weighted by Crippen LogP contribution is 2.48. The molecule has 11 aromatic rings. The average Bonchev–Trinajstić information content (AvgIpc) is 3.85. The van der Waals surface area contributed by atoms with Gasteiger partial charge in [-0.1, -0.05) is 126 Å². The van der Waals surface area contributed by atoms with Crippen LogP contribution in [0.2, 0.25) is 0 Å². The van der Waals surface area contributed by atoms with Gasteiger partial charge in [0.25, 0.3) is 0 Å². The van der Waals surface area contributed by atoms with Gasteiger partial charge in [-0.2, -0.15) is 31.6 Å². The summed E-state index contributed by atoms with van der Waals surface area (Å²) in [4.78, 5) is 0. The van der Waals surface area contributed by atoms with Gasteiger partial charge in [0.05, 0.1) is 56.2 Å². The molecule has 9 aromatic carbocycles. The lowest BCUT2D eigenvalue weighted by Crippen LogP contribution is -2.14. The van der Waals surface area contributed by atoms with E-state index in [1.807, 2.05) is 108 Å². The Hall–Kier alpha value is -8.35. The van der Waals surface area contributed by atoms with Crippen LogP contribution >= 0.6 is 0 Å². The fourth-order valence-electron chi connectivity index (χ4n) is 9.77. The maximum Gasteiger partial charge on any atom is 0.417 e. The molecule has 0 saturated heterocycles. The van der Waals surface area contributed by atoms with Crippen LogP contribution in [0.15, 0.2) is 188 Å². The van der Waals surface area contributed by atoms with Gasteiger partial charge in [0, 0.05) is 38.2 Å². The van der Waals surface area contributed by atoms with Crippen LogP contribution in [-0.2, 0) is 12.4 Å². The summed E-state index contributed by atoms with van der Waals surface area (Å²) in [6.07, 6.45) is -10.2. The number of alkyl halides is 6. The van der Waals surface area contributed by atoms with Crippen molar-refractivity contribution in [1.29, 1.82) is 5.26 Å². The van der Waals surface area contributed by atoms with Crippen molar-refractivity contribution in [1.82, 2.24) is 9.13 Å². The molecule has 0 unspecified atom stereocenters. The second-order valence-electron chi connectivity index (χ2n) is 17.2. The van der Waals surface area contributed by atoms with E-state index in [1.165, 1.54) is 12.1 Å². The molecule has 0 aliphatic carbocycles. The summed E-state index contributed by atoms with van der Waals surface area (Å²) in [5.41, 5.74) is 7.50. The van der Waals surface area contributed by atoms with Gasteiger partial charge in [0.1, 0.15) is 0 Å². The average molecular weight is 902 g/mol.